The first-order chi connectivity index (χ1) is 27.8. The van der Waals surface area contributed by atoms with Crippen LogP contribution in [0.4, 0.5) is 14.6 Å². The Hall–Kier alpha value is -5.03. The van der Waals surface area contributed by atoms with Crippen LogP contribution in [-0.2, 0) is 29.0 Å². The number of aromatic nitrogens is 5. The number of piperazine rings is 1. The van der Waals surface area contributed by atoms with Crippen LogP contribution in [0.1, 0.15) is 42.0 Å². The molecule has 2 aromatic carbocycles. The van der Waals surface area contributed by atoms with E-state index in [1.165, 1.54) is 13.2 Å². The molecule has 0 unspecified atom stereocenters. The zero-order valence-corrected chi connectivity index (χ0v) is 32.7. The number of hydrogen-bond acceptors (Lipinski definition) is 12. The van der Waals surface area contributed by atoms with E-state index in [2.05, 4.69) is 22.1 Å². The molecule has 14 nitrogen and oxygen atoms in total. The molecule has 1 amide bonds. The van der Waals surface area contributed by atoms with Crippen molar-refractivity contribution < 1.29 is 32.5 Å². The van der Waals surface area contributed by atoms with E-state index in [-0.39, 0.29) is 41.7 Å². The van der Waals surface area contributed by atoms with Gasteiger partial charge >= 0.3 is 6.01 Å². The molecule has 3 aliphatic heterocycles. The predicted molar refractivity (Wildman–Crippen MR) is 211 cm³/mol. The molecule has 0 spiro atoms. The average Bonchev–Trinajstić information content (AvgIpc) is 3.53. The number of fused-ring (bicyclic) bond motifs is 3. The lowest BCUT2D eigenvalue weighted by atomic mass is 9.94. The van der Waals surface area contributed by atoms with Gasteiger partial charge in [-0.25, -0.2) is 8.78 Å². The van der Waals surface area contributed by atoms with Crippen LogP contribution < -0.4 is 19.7 Å². The molecule has 302 valence electrons. The Labute approximate surface area is 330 Å². The van der Waals surface area contributed by atoms with Gasteiger partial charge in [0.25, 0.3) is 5.91 Å². The number of carbonyl (C=O) groups is 1. The minimum atomic E-state index is -0.692. The monoisotopic (exact) mass is 785 g/mol. The van der Waals surface area contributed by atoms with E-state index in [9.17, 15) is 4.79 Å². The number of methoxy groups -OCH3 is 1. The molecule has 0 saturated carbocycles. The van der Waals surface area contributed by atoms with E-state index in [1.54, 1.807) is 24.4 Å². The van der Waals surface area contributed by atoms with Crippen LogP contribution in [0.5, 0.6) is 11.8 Å². The predicted octanol–water partition coefficient (Wildman–Crippen LogP) is 4.67. The van der Waals surface area contributed by atoms with Gasteiger partial charge in [0, 0.05) is 83.7 Å². The molecule has 16 heteroatoms. The number of halogens is 2. The first-order valence-corrected chi connectivity index (χ1v) is 19.8. The highest BCUT2D eigenvalue weighted by molar-refractivity contribution is 6.02. The van der Waals surface area contributed by atoms with E-state index in [0.717, 1.165) is 38.4 Å². The summed E-state index contributed by atoms with van der Waals surface area (Å²) in [6, 6.07) is 8.41. The number of pyridine rings is 1. The fourth-order valence-electron chi connectivity index (χ4n) is 8.02. The molecular formula is C41H49F2N9O5. The highest BCUT2D eigenvalue weighted by Gasteiger charge is 2.28. The molecule has 2 fully saturated rings. The number of hydrogen-bond donors (Lipinski definition) is 1. The van der Waals surface area contributed by atoms with Crippen molar-refractivity contribution in [1.29, 1.82) is 0 Å². The van der Waals surface area contributed by atoms with E-state index < -0.39 is 5.82 Å². The number of nitrogens with zero attached hydrogens (tertiary/aromatic N) is 8. The summed E-state index contributed by atoms with van der Waals surface area (Å²) in [5.41, 5.74) is 2.09. The minimum absolute atomic E-state index is 0.00281. The Kier molecular flexibility index (Phi) is 11.7. The summed E-state index contributed by atoms with van der Waals surface area (Å²) in [6.45, 7) is 12.5. The van der Waals surface area contributed by atoms with E-state index in [1.807, 2.05) is 27.5 Å². The second kappa shape index (κ2) is 17.2. The second-order valence-electron chi connectivity index (χ2n) is 14.9. The number of anilines is 1. The highest BCUT2D eigenvalue weighted by atomic mass is 19.1. The third kappa shape index (κ3) is 8.22. The Morgan fingerprint density at radius 2 is 1.84 bits per heavy atom. The maximum absolute atomic E-state index is 17.4. The molecule has 0 bridgehead atoms. The Morgan fingerprint density at radius 1 is 1.02 bits per heavy atom. The number of ether oxygens (including phenoxy) is 4. The van der Waals surface area contributed by atoms with Crippen molar-refractivity contribution in [1.82, 2.24) is 39.8 Å². The molecule has 5 aromatic rings. The van der Waals surface area contributed by atoms with Crippen molar-refractivity contribution in [3.63, 3.8) is 0 Å². The largest absolute Gasteiger partial charge is 0.468 e. The van der Waals surface area contributed by atoms with Crippen molar-refractivity contribution in [2.45, 2.75) is 39.8 Å². The minimum Gasteiger partial charge on any atom is -0.468 e. The molecular weight excluding hydrogens is 737 g/mol. The van der Waals surface area contributed by atoms with E-state index in [0.29, 0.717) is 110 Å². The zero-order chi connectivity index (χ0) is 39.5. The topological polar surface area (TPSA) is 132 Å². The molecule has 0 radical (unpaired) electrons. The molecule has 3 aromatic heterocycles. The number of carbonyl (C=O) groups excluding carboxylic acids is 1. The quantitative estimate of drug-likeness (QED) is 0.177. The fourth-order valence-corrected chi connectivity index (χ4v) is 8.02. The van der Waals surface area contributed by atoms with Crippen LogP contribution in [-0.4, -0.2) is 127 Å². The van der Waals surface area contributed by atoms with Crippen LogP contribution in [0.3, 0.4) is 0 Å². The van der Waals surface area contributed by atoms with Gasteiger partial charge in [-0.15, -0.1) is 0 Å². The molecule has 1 atom stereocenters. The highest BCUT2D eigenvalue weighted by Crippen LogP contribution is 2.39. The third-order valence-corrected chi connectivity index (χ3v) is 10.8. The van der Waals surface area contributed by atoms with Gasteiger partial charge in [0.15, 0.2) is 18.3 Å². The summed E-state index contributed by atoms with van der Waals surface area (Å²) in [7, 11) is 1.52. The Bertz CT molecular complexity index is 2240. The lowest BCUT2D eigenvalue weighted by molar-refractivity contribution is 0.0280. The normalized spacial score (nSPS) is 17.1. The van der Waals surface area contributed by atoms with Gasteiger partial charge in [-0.2, -0.15) is 15.1 Å². The number of morpholine rings is 1. The first-order valence-electron chi connectivity index (χ1n) is 19.8. The molecule has 57 heavy (non-hydrogen) atoms. The van der Waals surface area contributed by atoms with Gasteiger partial charge in [0.1, 0.15) is 28.6 Å². The maximum atomic E-state index is 17.4. The summed E-state index contributed by atoms with van der Waals surface area (Å²) in [5.74, 6) is -0.156. The standard InChI is InChI=1S/C41H49F2N9O5/c1-4-30-33(42)7-6-27-18-29(57-25-54-3)20-31(35(27)30)37-36(43)38-32(21-45-37)39(47-41(46-38)56-24-26(2)22-49-14-16-55-17-15-49)51-10-5-11-52-28(23-51)19-34(48-52)40(53)50-12-8-44-9-13-50/h6-7,18-21,26,44H,4-5,8-17,22-25H2,1-3H3/t26-/m1/s1. The lowest BCUT2D eigenvalue weighted by Gasteiger charge is -2.29. The summed E-state index contributed by atoms with van der Waals surface area (Å²) in [5, 5.41) is 9.61. The van der Waals surface area contributed by atoms with E-state index >= 15 is 8.78 Å². The lowest BCUT2D eigenvalue weighted by Crippen LogP contribution is -2.46. The number of nitrogens with one attached hydrogen (secondary N) is 1. The van der Waals surface area contributed by atoms with Crippen LogP contribution in [0.2, 0.25) is 0 Å². The van der Waals surface area contributed by atoms with Gasteiger partial charge < -0.3 is 34.1 Å². The van der Waals surface area contributed by atoms with Crippen molar-refractivity contribution in [3.8, 4) is 23.0 Å². The van der Waals surface area contributed by atoms with Gasteiger partial charge in [-0.3, -0.25) is 19.4 Å². The van der Waals surface area contributed by atoms with Crippen LogP contribution in [0, 0.1) is 17.6 Å². The fraction of sp³-hybridized carbons (Fsp3) is 0.488. The van der Waals surface area contributed by atoms with Gasteiger partial charge in [-0.1, -0.05) is 19.9 Å². The molecule has 3 aliphatic rings. The Balaban J connectivity index is 1.20. The molecule has 2 saturated heterocycles. The van der Waals surface area contributed by atoms with Gasteiger partial charge in [-0.05, 0) is 53.4 Å². The van der Waals surface area contributed by atoms with Gasteiger partial charge in [0.05, 0.1) is 37.4 Å². The van der Waals surface area contributed by atoms with Crippen LogP contribution in [0.25, 0.3) is 32.9 Å². The summed E-state index contributed by atoms with van der Waals surface area (Å²) in [4.78, 5) is 33.9. The zero-order valence-electron chi connectivity index (χ0n) is 32.7. The second-order valence-corrected chi connectivity index (χ2v) is 14.9. The molecule has 1 N–H and O–H groups in total. The Morgan fingerprint density at radius 3 is 2.63 bits per heavy atom. The summed E-state index contributed by atoms with van der Waals surface area (Å²) >= 11 is 0. The average molecular weight is 786 g/mol. The number of benzene rings is 2. The number of rotatable bonds is 12. The number of amides is 1. The van der Waals surface area contributed by atoms with E-state index in [4.69, 9.17) is 34.0 Å². The van der Waals surface area contributed by atoms with Crippen molar-refractivity contribution in [2.75, 3.05) is 91.0 Å². The van der Waals surface area contributed by atoms with Crippen LogP contribution in [0.15, 0.2) is 36.5 Å². The first kappa shape index (κ1) is 38.8. The van der Waals surface area contributed by atoms with Crippen molar-refractivity contribution in [2.24, 2.45) is 5.92 Å². The summed E-state index contributed by atoms with van der Waals surface area (Å²) in [6.07, 6.45) is 2.66. The van der Waals surface area contributed by atoms with Crippen LogP contribution >= 0.6 is 0 Å². The van der Waals surface area contributed by atoms with Gasteiger partial charge in [0.2, 0.25) is 0 Å². The number of aryl methyl sites for hydroxylation is 2. The SMILES string of the molecule is CCc1c(F)ccc2cc(OCOC)cc(-c3ncc4c(N5CCCn6nc(C(=O)N7CCNCC7)cc6C5)nc(OC[C@H](C)CN5CCOCC5)nc4c3F)c12. The maximum Gasteiger partial charge on any atom is 0.319 e. The third-order valence-electron chi connectivity index (χ3n) is 10.8. The molecule has 8 rings (SSSR count). The summed E-state index contributed by atoms with van der Waals surface area (Å²) < 4.78 is 57.3. The molecule has 0 aliphatic carbocycles. The van der Waals surface area contributed by atoms with Crippen molar-refractivity contribution in [3.05, 3.63) is 65.1 Å². The smallest absolute Gasteiger partial charge is 0.319 e. The molecule has 6 heterocycles. The van der Waals surface area contributed by atoms with Crippen molar-refractivity contribution >= 4 is 33.4 Å².